The van der Waals surface area contributed by atoms with Gasteiger partial charge in [-0.1, -0.05) is 0 Å². The topological polar surface area (TPSA) is 50.2 Å². The van der Waals surface area contributed by atoms with Crippen molar-refractivity contribution in [3.63, 3.8) is 0 Å². The first-order chi connectivity index (χ1) is 9.33. The van der Waals surface area contributed by atoms with E-state index in [4.69, 9.17) is 0 Å². The van der Waals surface area contributed by atoms with Gasteiger partial charge in [0.15, 0.2) is 0 Å². The van der Waals surface area contributed by atoms with Crippen LogP contribution in [-0.4, -0.2) is 46.3 Å². The lowest BCUT2D eigenvalue weighted by atomic mass is 9.96. The van der Waals surface area contributed by atoms with Crippen LogP contribution in [0.2, 0.25) is 0 Å². The monoisotopic (exact) mass is 262 g/mol. The van der Waals surface area contributed by atoms with Gasteiger partial charge in [-0.2, -0.15) is 5.10 Å². The quantitative estimate of drug-likeness (QED) is 0.879. The molecule has 1 atom stereocenters. The molecule has 1 aromatic heterocycles. The number of piperidine rings is 1. The summed E-state index contributed by atoms with van der Waals surface area (Å²) in [7, 11) is 0. The predicted octanol–water partition coefficient (Wildman–Crippen LogP) is 0.874. The van der Waals surface area contributed by atoms with E-state index in [0.717, 1.165) is 51.9 Å². The average Bonchev–Trinajstić information content (AvgIpc) is 3.12. The fourth-order valence-electron chi connectivity index (χ4n) is 3.12. The second-order valence-corrected chi connectivity index (χ2v) is 5.65. The van der Waals surface area contributed by atoms with E-state index in [1.54, 1.807) is 0 Å². The van der Waals surface area contributed by atoms with Crippen LogP contribution in [-0.2, 0) is 11.3 Å². The molecule has 0 radical (unpaired) electrons. The summed E-state index contributed by atoms with van der Waals surface area (Å²) < 4.78 is 2.00. The molecule has 0 unspecified atom stereocenters. The van der Waals surface area contributed by atoms with Crippen molar-refractivity contribution in [1.29, 1.82) is 0 Å². The van der Waals surface area contributed by atoms with E-state index < -0.39 is 0 Å². The van der Waals surface area contributed by atoms with E-state index in [9.17, 15) is 4.79 Å². The first-order valence-electron chi connectivity index (χ1n) is 7.32. The second kappa shape index (κ2) is 5.74. The summed E-state index contributed by atoms with van der Waals surface area (Å²) in [6.45, 7) is 3.79. The van der Waals surface area contributed by atoms with Gasteiger partial charge in [-0.05, 0) is 44.2 Å². The molecule has 0 bridgehead atoms. The lowest BCUT2D eigenvalue weighted by Gasteiger charge is -2.33. The molecule has 3 rings (SSSR count). The van der Waals surface area contributed by atoms with Crippen LogP contribution in [0.4, 0.5) is 0 Å². The van der Waals surface area contributed by atoms with Crippen molar-refractivity contribution in [2.75, 3.05) is 19.6 Å². The minimum absolute atomic E-state index is 0.0858. The Morgan fingerprint density at radius 3 is 2.79 bits per heavy atom. The van der Waals surface area contributed by atoms with Crippen molar-refractivity contribution < 1.29 is 4.79 Å². The normalized spacial score (nSPS) is 24.8. The van der Waals surface area contributed by atoms with Crippen LogP contribution in [0.1, 0.15) is 25.7 Å². The van der Waals surface area contributed by atoms with Gasteiger partial charge < -0.3 is 10.2 Å². The third-order valence-corrected chi connectivity index (χ3v) is 4.29. The van der Waals surface area contributed by atoms with Gasteiger partial charge in [0.05, 0.1) is 6.04 Å². The van der Waals surface area contributed by atoms with Gasteiger partial charge in [-0.15, -0.1) is 0 Å². The number of hydrogen-bond acceptors (Lipinski definition) is 3. The van der Waals surface area contributed by atoms with Crippen LogP contribution in [0.15, 0.2) is 18.5 Å². The molecule has 5 heteroatoms. The van der Waals surface area contributed by atoms with E-state index >= 15 is 0 Å². The molecule has 0 aromatic carbocycles. The number of carbonyl (C=O) groups is 1. The van der Waals surface area contributed by atoms with Gasteiger partial charge in [0.1, 0.15) is 0 Å². The average molecular weight is 262 g/mol. The molecule has 5 nitrogen and oxygen atoms in total. The Bertz CT molecular complexity index is 403. The summed E-state index contributed by atoms with van der Waals surface area (Å²) in [5.41, 5.74) is 0. The summed E-state index contributed by atoms with van der Waals surface area (Å²) in [5, 5.41) is 7.55. The van der Waals surface area contributed by atoms with Gasteiger partial charge in [-0.25, -0.2) is 0 Å². The zero-order chi connectivity index (χ0) is 13.1. The number of aromatic nitrogens is 2. The molecule has 1 N–H and O–H groups in total. The van der Waals surface area contributed by atoms with E-state index in [1.165, 1.54) is 0 Å². The summed E-state index contributed by atoms with van der Waals surface area (Å²) in [6, 6.07) is 2.05. The third kappa shape index (κ3) is 2.97. The highest BCUT2D eigenvalue weighted by Crippen LogP contribution is 2.20. The number of rotatable bonds is 3. The van der Waals surface area contributed by atoms with Crippen LogP contribution in [0, 0.1) is 5.92 Å². The second-order valence-electron chi connectivity index (χ2n) is 5.65. The maximum atomic E-state index is 12.3. The van der Waals surface area contributed by atoms with Crippen molar-refractivity contribution in [2.45, 2.75) is 38.3 Å². The van der Waals surface area contributed by atoms with E-state index in [0.29, 0.717) is 11.8 Å². The van der Waals surface area contributed by atoms with Gasteiger partial charge in [-0.3, -0.25) is 9.48 Å². The van der Waals surface area contributed by atoms with Crippen molar-refractivity contribution >= 4 is 5.91 Å². The molecule has 0 aliphatic carbocycles. The van der Waals surface area contributed by atoms with Crippen molar-refractivity contribution in [2.24, 2.45) is 5.92 Å². The van der Waals surface area contributed by atoms with Gasteiger partial charge in [0, 0.05) is 32.0 Å². The first kappa shape index (κ1) is 12.7. The Morgan fingerprint density at radius 2 is 2.16 bits per heavy atom. The Balaban J connectivity index is 1.47. The summed E-state index contributed by atoms with van der Waals surface area (Å²) >= 11 is 0. The summed E-state index contributed by atoms with van der Waals surface area (Å²) in [6.07, 6.45) is 8.17. The standard InChI is InChI=1S/C14H22N4O/c19-14(13-3-1-6-15-13)17-9-4-12(5-10-17)11-18-8-2-7-16-18/h2,7-8,12-13,15H,1,3-6,9-11H2/t13-/m0/s1. The number of nitrogens with zero attached hydrogens (tertiary/aromatic N) is 3. The largest absolute Gasteiger partial charge is 0.341 e. The maximum Gasteiger partial charge on any atom is 0.239 e. The lowest BCUT2D eigenvalue weighted by Crippen LogP contribution is -2.47. The number of nitrogens with one attached hydrogen (secondary N) is 1. The molecular formula is C14H22N4O. The SMILES string of the molecule is O=C([C@@H]1CCCN1)N1CCC(Cn2cccn2)CC1. The van der Waals surface area contributed by atoms with Gasteiger partial charge in [0.2, 0.25) is 5.91 Å². The van der Waals surface area contributed by atoms with Crippen LogP contribution in [0.25, 0.3) is 0 Å². The maximum absolute atomic E-state index is 12.3. The highest BCUT2D eigenvalue weighted by atomic mass is 16.2. The molecule has 19 heavy (non-hydrogen) atoms. The number of amides is 1. The summed E-state index contributed by atoms with van der Waals surface area (Å²) in [4.78, 5) is 14.3. The smallest absolute Gasteiger partial charge is 0.239 e. The fourth-order valence-corrected chi connectivity index (χ4v) is 3.12. The van der Waals surface area contributed by atoms with E-state index in [2.05, 4.69) is 10.4 Å². The number of hydrogen-bond donors (Lipinski definition) is 1. The van der Waals surface area contributed by atoms with Crippen molar-refractivity contribution in [3.05, 3.63) is 18.5 Å². The molecule has 3 heterocycles. The molecule has 0 saturated carbocycles. The van der Waals surface area contributed by atoms with Gasteiger partial charge >= 0.3 is 0 Å². The summed E-state index contributed by atoms with van der Waals surface area (Å²) in [5.74, 6) is 0.968. The molecule has 2 saturated heterocycles. The molecule has 104 valence electrons. The van der Waals surface area contributed by atoms with Crippen LogP contribution >= 0.6 is 0 Å². The minimum Gasteiger partial charge on any atom is -0.341 e. The molecule has 1 aromatic rings. The molecule has 0 spiro atoms. The van der Waals surface area contributed by atoms with Crippen LogP contribution in [0.3, 0.4) is 0 Å². The van der Waals surface area contributed by atoms with E-state index in [-0.39, 0.29) is 6.04 Å². The molecular weight excluding hydrogens is 240 g/mol. The molecule has 1 amide bonds. The van der Waals surface area contributed by atoms with Crippen molar-refractivity contribution in [1.82, 2.24) is 20.0 Å². The Labute approximate surface area is 114 Å². The van der Waals surface area contributed by atoms with Crippen molar-refractivity contribution in [3.8, 4) is 0 Å². The molecule has 2 aliphatic rings. The Hall–Kier alpha value is -1.36. The number of carbonyl (C=O) groups excluding carboxylic acids is 1. The lowest BCUT2D eigenvalue weighted by molar-refractivity contribution is -0.134. The predicted molar refractivity (Wildman–Crippen MR) is 72.6 cm³/mol. The van der Waals surface area contributed by atoms with E-state index in [1.807, 2.05) is 28.0 Å². The van der Waals surface area contributed by atoms with Gasteiger partial charge in [0.25, 0.3) is 0 Å². The number of likely N-dealkylation sites (tertiary alicyclic amines) is 1. The minimum atomic E-state index is 0.0858. The zero-order valence-corrected chi connectivity index (χ0v) is 11.3. The highest BCUT2D eigenvalue weighted by Gasteiger charge is 2.29. The highest BCUT2D eigenvalue weighted by molar-refractivity contribution is 5.82. The third-order valence-electron chi connectivity index (χ3n) is 4.29. The zero-order valence-electron chi connectivity index (χ0n) is 11.3. The first-order valence-corrected chi connectivity index (χ1v) is 7.32. The molecule has 2 aliphatic heterocycles. The Morgan fingerprint density at radius 1 is 1.32 bits per heavy atom. The van der Waals surface area contributed by atoms with Crippen LogP contribution < -0.4 is 5.32 Å². The molecule has 2 fully saturated rings. The Kier molecular flexibility index (Phi) is 3.82. The van der Waals surface area contributed by atoms with Crippen LogP contribution in [0.5, 0.6) is 0 Å². The fraction of sp³-hybridized carbons (Fsp3) is 0.714.